The number of hydrogen-bond acceptors (Lipinski definition) is 5. The van der Waals surface area contributed by atoms with E-state index in [0.717, 1.165) is 0 Å². The molecule has 1 aliphatic rings. The van der Waals surface area contributed by atoms with Gasteiger partial charge in [-0.15, -0.1) is 0 Å². The predicted molar refractivity (Wildman–Crippen MR) is 80.5 cm³/mol. The van der Waals surface area contributed by atoms with Crippen molar-refractivity contribution in [2.75, 3.05) is 13.1 Å². The smallest absolute Gasteiger partial charge is 0.419 e. The van der Waals surface area contributed by atoms with Gasteiger partial charge in [-0.2, -0.15) is 4.31 Å². The standard InChI is InChI=1S/C14H16N2O6S/c1-8-6-16(7-10(8)13(17)18)23(20,21)9-3-4-11-12(5-9)22-14(19)15(11)2/h3-5,8,10H,6-7H2,1-2H3,(H,17,18)/t8-,10-/m1/s1. The van der Waals surface area contributed by atoms with Crippen LogP contribution in [0, 0.1) is 11.8 Å². The zero-order valence-electron chi connectivity index (χ0n) is 12.6. The summed E-state index contributed by atoms with van der Waals surface area (Å²) in [5.74, 6) is -2.56. The molecule has 0 spiro atoms. The van der Waals surface area contributed by atoms with Crippen LogP contribution < -0.4 is 5.76 Å². The summed E-state index contributed by atoms with van der Waals surface area (Å²) < 4.78 is 32.8. The highest BCUT2D eigenvalue weighted by atomic mass is 32.2. The van der Waals surface area contributed by atoms with Gasteiger partial charge in [-0.25, -0.2) is 13.2 Å². The molecule has 8 nitrogen and oxygen atoms in total. The Morgan fingerprint density at radius 3 is 2.65 bits per heavy atom. The second kappa shape index (κ2) is 5.20. The Labute approximate surface area is 132 Å². The Balaban J connectivity index is 2.00. The predicted octanol–water partition coefficient (Wildman–Crippen LogP) is 0.473. The average Bonchev–Trinajstić information content (AvgIpc) is 3.00. The molecular weight excluding hydrogens is 324 g/mol. The highest BCUT2D eigenvalue weighted by molar-refractivity contribution is 7.89. The van der Waals surface area contributed by atoms with E-state index in [0.29, 0.717) is 5.52 Å². The number of benzene rings is 1. The van der Waals surface area contributed by atoms with Crippen molar-refractivity contribution < 1.29 is 22.7 Å². The van der Waals surface area contributed by atoms with Gasteiger partial charge in [0.1, 0.15) is 0 Å². The molecule has 3 rings (SSSR count). The third-order valence-electron chi connectivity index (χ3n) is 4.30. The van der Waals surface area contributed by atoms with Crippen molar-refractivity contribution in [2.24, 2.45) is 18.9 Å². The fraction of sp³-hybridized carbons (Fsp3) is 0.429. The molecule has 1 fully saturated rings. The molecule has 1 saturated heterocycles. The normalized spacial score (nSPS) is 22.7. The van der Waals surface area contributed by atoms with Gasteiger partial charge in [-0.1, -0.05) is 6.92 Å². The minimum atomic E-state index is -3.83. The fourth-order valence-electron chi connectivity index (χ4n) is 2.86. The Morgan fingerprint density at radius 1 is 1.35 bits per heavy atom. The van der Waals surface area contributed by atoms with Crippen LogP contribution in [0.5, 0.6) is 0 Å². The fourth-order valence-corrected chi connectivity index (χ4v) is 4.45. The van der Waals surface area contributed by atoms with E-state index in [4.69, 9.17) is 9.52 Å². The Hall–Kier alpha value is -2.13. The lowest BCUT2D eigenvalue weighted by atomic mass is 9.99. The Kier molecular flexibility index (Phi) is 3.56. The number of carbonyl (C=O) groups is 1. The van der Waals surface area contributed by atoms with Crippen LogP contribution >= 0.6 is 0 Å². The van der Waals surface area contributed by atoms with Crippen LogP contribution in [0.25, 0.3) is 11.1 Å². The van der Waals surface area contributed by atoms with Gasteiger partial charge in [0.15, 0.2) is 5.58 Å². The number of carboxylic acid groups (broad SMARTS) is 1. The van der Waals surface area contributed by atoms with Crippen LogP contribution in [-0.4, -0.2) is 41.5 Å². The van der Waals surface area contributed by atoms with Gasteiger partial charge in [0.25, 0.3) is 0 Å². The lowest BCUT2D eigenvalue weighted by molar-refractivity contribution is -0.142. The molecule has 9 heteroatoms. The van der Waals surface area contributed by atoms with Crippen LogP contribution in [0.4, 0.5) is 0 Å². The molecule has 124 valence electrons. The topological polar surface area (TPSA) is 110 Å². The van der Waals surface area contributed by atoms with Crippen molar-refractivity contribution >= 4 is 27.1 Å². The first-order valence-electron chi connectivity index (χ1n) is 7.04. The largest absolute Gasteiger partial charge is 0.481 e. The molecule has 0 aliphatic carbocycles. The lowest BCUT2D eigenvalue weighted by Crippen LogP contribution is -2.30. The van der Waals surface area contributed by atoms with Crippen molar-refractivity contribution in [1.82, 2.24) is 8.87 Å². The van der Waals surface area contributed by atoms with Crippen LogP contribution in [0.15, 0.2) is 32.3 Å². The number of rotatable bonds is 3. The van der Waals surface area contributed by atoms with Crippen molar-refractivity contribution in [2.45, 2.75) is 11.8 Å². The minimum absolute atomic E-state index is 0.0161. The van der Waals surface area contributed by atoms with E-state index in [2.05, 4.69) is 0 Å². The molecular formula is C14H16N2O6S. The van der Waals surface area contributed by atoms with Crippen LogP contribution in [0.3, 0.4) is 0 Å². The number of aromatic nitrogens is 1. The maximum absolute atomic E-state index is 12.7. The quantitative estimate of drug-likeness (QED) is 0.870. The summed E-state index contributed by atoms with van der Waals surface area (Å²) in [6.07, 6.45) is 0. The van der Waals surface area contributed by atoms with Gasteiger partial charge in [0.2, 0.25) is 10.0 Å². The van der Waals surface area contributed by atoms with Crippen molar-refractivity contribution in [1.29, 1.82) is 0 Å². The first-order valence-corrected chi connectivity index (χ1v) is 8.48. The summed E-state index contributed by atoms with van der Waals surface area (Å²) in [5, 5.41) is 9.14. The van der Waals surface area contributed by atoms with Crippen molar-refractivity contribution in [3.05, 3.63) is 28.7 Å². The molecule has 1 N–H and O–H groups in total. The van der Waals surface area contributed by atoms with E-state index in [1.54, 1.807) is 6.92 Å². The summed E-state index contributed by atoms with van der Waals surface area (Å²) in [6.45, 7) is 1.80. The average molecular weight is 340 g/mol. The van der Waals surface area contributed by atoms with Gasteiger partial charge >= 0.3 is 11.7 Å². The van der Waals surface area contributed by atoms with E-state index in [1.807, 2.05) is 0 Å². The maximum atomic E-state index is 12.7. The number of aryl methyl sites for hydroxylation is 1. The molecule has 2 heterocycles. The van der Waals surface area contributed by atoms with Crippen LogP contribution in [0.2, 0.25) is 0 Å². The molecule has 0 radical (unpaired) electrons. The van der Waals surface area contributed by atoms with Gasteiger partial charge < -0.3 is 9.52 Å². The molecule has 1 aromatic heterocycles. The van der Waals surface area contributed by atoms with Crippen LogP contribution in [-0.2, 0) is 21.9 Å². The number of fused-ring (bicyclic) bond motifs is 1. The highest BCUT2D eigenvalue weighted by Gasteiger charge is 2.40. The van der Waals surface area contributed by atoms with E-state index < -0.39 is 27.7 Å². The lowest BCUT2D eigenvalue weighted by Gasteiger charge is -2.15. The van der Waals surface area contributed by atoms with Gasteiger partial charge in [-0.3, -0.25) is 9.36 Å². The molecule has 0 amide bonds. The first-order chi connectivity index (χ1) is 10.7. The molecule has 1 aliphatic heterocycles. The van der Waals surface area contributed by atoms with E-state index in [-0.39, 0.29) is 29.5 Å². The number of nitrogens with zero attached hydrogens (tertiary/aromatic N) is 2. The zero-order valence-corrected chi connectivity index (χ0v) is 13.4. The second-order valence-electron chi connectivity index (χ2n) is 5.80. The third kappa shape index (κ3) is 2.45. The van der Waals surface area contributed by atoms with Gasteiger partial charge in [0, 0.05) is 26.2 Å². The summed E-state index contributed by atoms with van der Waals surface area (Å²) in [4.78, 5) is 22.6. The minimum Gasteiger partial charge on any atom is -0.481 e. The van der Waals surface area contributed by atoms with Crippen LogP contribution in [0.1, 0.15) is 6.92 Å². The summed E-state index contributed by atoms with van der Waals surface area (Å²) >= 11 is 0. The molecule has 2 aromatic rings. The molecule has 1 aromatic carbocycles. The number of carboxylic acids is 1. The SMILES string of the molecule is C[C@@H]1CN(S(=O)(=O)c2ccc3c(c2)oc(=O)n3C)C[C@H]1C(=O)O. The summed E-state index contributed by atoms with van der Waals surface area (Å²) in [7, 11) is -2.30. The zero-order chi connectivity index (χ0) is 16.9. The van der Waals surface area contributed by atoms with Gasteiger partial charge in [0.05, 0.1) is 16.3 Å². The third-order valence-corrected chi connectivity index (χ3v) is 6.13. The number of oxazole rings is 1. The molecule has 2 atom stereocenters. The van der Waals surface area contributed by atoms with Crippen molar-refractivity contribution in [3.63, 3.8) is 0 Å². The number of hydrogen-bond donors (Lipinski definition) is 1. The summed E-state index contributed by atoms with van der Waals surface area (Å²) in [5.41, 5.74) is 0.674. The molecule has 0 bridgehead atoms. The van der Waals surface area contributed by atoms with E-state index >= 15 is 0 Å². The second-order valence-corrected chi connectivity index (χ2v) is 7.74. The molecule has 23 heavy (non-hydrogen) atoms. The highest BCUT2D eigenvalue weighted by Crippen LogP contribution is 2.29. The van der Waals surface area contributed by atoms with E-state index in [9.17, 15) is 18.0 Å². The Bertz CT molecular complexity index is 942. The molecule has 0 unspecified atom stereocenters. The van der Waals surface area contributed by atoms with Gasteiger partial charge in [-0.05, 0) is 18.1 Å². The van der Waals surface area contributed by atoms with Crippen molar-refractivity contribution in [3.8, 4) is 0 Å². The van der Waals surface area contributed by atoms with E-state index in [1.165, 1.54) is 34.1 Å². The maximum Gasteiger partial charge on any atom is 0.419 e. The summed E-state index contributed by atoms with van der Waals surface area (Å²) in [6, 6.07) is 4.19. The monoisotopic (exact) mass is 340 g/mol. The number of aliphatic carboxylic acids is 1. The Morgan fingerprint density at radius 2 is 2.04 bits per heavy atom. The molecule has 0 saturated carbocycles. The first kappa shape index (κ1) is 15.8. The number of sulfonamides is 1.